The Bertz CT molecular complexity index is 431. The van der Waals surface area contributed by atoms with Gasteiger partial charge in [0.25, 0.3) is 0 Å². The molecule has 1 saturated carbocycles. The number of hydrogen-bond acceptors (Lipinski definition) is 4. The topological polar surface area (TPSA) is 75.2 Å². The van der Waals surface area contributed by atoms with E-state index in [1.807, 2.05) is 0 Å². The van der Waals surface area contributed by atoms with Crippen molar-refractivity contribution in [1.82, 2.24) is 15.5 Å². The van der Waals surface area contributed by atoms with Gasteiger partial charge in [-0.05, 0) is 38.0 Å². The maximum absolute atomic E-state index is 11.8. The molecule has 1 aliphatic heterocycles. The van der Waals surface area contributed by atoms with Crippen LogP contribution in [-0.4, -0.2) is 76.4 Å². The molecule has 150 valence electrons. The fourth-order valence-corrected chi connectivity index (χ4v) is 3.25. The Kier molecular flexibility index (Phi) is 9.77. The van der Waals surface area contributed by atoms with Crippen molar-refractivity contribution >= 4 is 11.9 Å². The third kappa shape index (κ3) is 8.36. The third-order valence-electron chi connectivity index (χ3n) is 5.02. The molecular weight excluding hydrogens is 332 g/mol. The molecule has 0 aromatic heterocycles. The number of amides is 1. The van der Waals surface area contributed by atoms with Crippen molar-refractivity contribution in [2.75, 3.05) is 53.6 Å². The highest BCUT2D eigenvalue weighted by atomic mass is 16.5. The van der Waals surface area contributed by atoms with Crippen molar-refractivity contribution in [1.29, 1.82) is 0 Å². The molecule has 1 heterocycles. The number of hydrogen-bond donors (Lipinski definition) is 2. The Hall–Kier alpha value is -1.34. The van der Waals surface area contributed by atoms with Gasteiger partial charge < -0.3 is 25.0 Å². The van der Waals surface area contributed by atoms with E-state index in [0.29, 0.717) is 12.0 Å². The van der Waals surface area contributed by atoms with Gasteiger partial charge in [0, 0.05) is 53.1 Å². The second-order valence-corrected chi connectivity index (χ2v) is 7.49. The predicted octanol–water partition coefficient (Wildman–Crippen LogP) is 1.39. The number of ether oxygens (including phenoxy) is 2. The Morgan fingerprint density at radius 2 is 1.92 bits per heavy atom. The van der Waals surface area contributed by atoms with Crippen molar-refractivity contribution in [3.63, 3.8) is 0 Å². The summed E-state index contributed by atoms with van der Waals surface area (Å²) in [4.78, 5) is 17.8. The van der Waals surface area contributed by atoms with E-state index < -0.39 is 0 Å². The van der Waals surface area contributed by atoms with Gasteiger partial charge >= 0.3 is 0 Å². The van der Waals surface area contributed by atoms with Gasteiger partial charge in [-0.2, -0.15) is 0 Å². The van der Waals surface area contributed by atoms with Gasteiger partial charge in [0.15, 0.2) is 5.96 Å². The first kappa shape index (κ1) is 21.0. The standard InChI is InChI=1S/C19H36N4O3/c1-23(2)18(24)14-21-19(22-17-6-3-4-7-17)20-10-5-11-26-15-16-8-12-25-13-9-16/h16-17H,3-15H2,1-2H3,(H2,20,21,22). The maximum atomic E-state index is 11.8. The molecule has 1 amide bonds. The molecule has 0 aromatic carbocycles. The van der Waals surface area contributed by atoms with Crippen molar-refractivity contribution in [3.05, 3.63) is 0 Å². The Morgan fingerprint density at radius 3 is 2.62 bits per heavy atom. The van der Waals surface area contributed by atoms with Crippen molar-refractivity contribution in [2.45, 2.75) is 51.0 Å². The number of carbonyl (C=O) groups excluding carboxylic acids is 1. The van der Waals surface area contributed by atoms with Crippen LogP contribution >= 0.6 is 0 Å². The lowest BCUT2D eigenvalue weighted by atomic mass is 10.0. The second kappa shape index (κ2) is 12.1. The molecule has 0 unspecified atom stereocenters. The van der Waals surface area contributed by atoms with Crippen molar-refractivity contribution in [2.24, 2.45) is 10.9 Å². The molecule has 0 aromatic rings. The number of likely N-dealkylation sites (N-methyl/N-ethyl adjacent to an activating group) is 1. The molecule has 0 spiro atoms. The minimum Gasteiger partial charge on any atom is -0.381 e. The van der Waals surface area contributed by atoms with Gasteiger partial charge in [0.2, 0.25) is 5.91 Å². The third-order valence-corrected chi connectivity index (χ3v) is 5.02. The number of nitrogens with one attached hydrogen (secondary N) is 2. The van der Waals surface area contributed by atoms with Crippen molar-refractivity contribution < 1.29 is 14.3 Å². The average Bonchev–Trinajstić information content (AvgIpc) is 3.15. The molecule has 0 radical (unpaired) electrons. The number of carbonyl (C=O) groups is 1. The smallest absolute Gasteiger partial charge is 0.243 e. The largest absolute Gasteiger partial charge is 0.381 e. The fourth-order valence-electron chi connectivity index (χ4n) is 3.25. The molecule has 2 N–H and O–H groups in total. The summed E-state index contributed by atoms with van der Waals surface area (Å²) in [5.74, 6) is 1.41. The van der Waals surface area contributed by atoms with Crippen LogP contribution in [0.15, 0.2) is 4.99 Å². The lowest BCUT2D eigenvalue weighted by Crippen LogP contribution is -2.43. The van der Waals surface area contributed by atoms with E-state index in [-0.39, 0.29) is 12.5 Å². The van der Waals surface area contributed by atoms with Crippen LogP contribution in [0.3, 0.4) is 0 Å². The lowest BCUT2D eigenvalue weighted by molar-refractivity contribution is -0.127. The Balaban J connectivity index is 1.64. The van der Waals surface area contributed by atoms with Crippen LogP contribution < -0.4 is 10.6 Å². The van der Waals surface area contributed by atoms with Gasteiger partial charge in [-0.1, -0.05) is 12.8 Å². The number of guanidine groups is 1. The zero-order valence-electron chi connectivity index (χ0n) is 16.5. The maximum Gasteiger partial charge on any atom is 0.243 e. The van der Waals surface area contributed by atoms with E-state index in [1.54, 1.807) is 19.0 Å². The summed E-state index contributed by atoms with van der Waals surface area (Å²) in [5.41, 5.74) is 0. The normalized spacial score (nSPS) is 19.5. The van der Waals surface area contributed by atoms with E-state index in [9.17, 15) is 4.79 Å². The van der Waals surface area contributed by atoms with Crippen LogP contribution in [0.2, 0.25) is 0 Å². The summed E-state index contributed by atoms with van der Waals surface area (Å²) in [6.07, 6.45) is 8.03. The minimum absolute atomic E-state index is 0.0114. The fraction of sp³-hybridized carbons (Fsp3) is 0.895. The minimum atomic E-state index is 0.0114. The molecule has 2 fully saturated rings. The average molecular weight is 369 g/mol. The van der Waals surface area contributed by atoms with Gasteiger partial charge in [0.1, 0.15) is 6.54 Å². The second-order valence-electron chi connectivity index (χ2n) is 7.49. The molecular formula is C19H36N4O3. The Morgan fingerprint density at radius 1 is 1.19 bits per heavy atom. The van der Waals surface area contributed by atoms with Crippen LogP contribution in [0.1, 0.15) is 44.9 Å². The molecule has 26 heavy (non-hydrogen) atoms. The summed E-state index contributed by atoms with van der Waals surface area (Å²) in [6, 6.07) is 0.473. The number of rotatable bonds is 9. The highest BCUT2D eigenvalue weighted by molar-refractivity contribution is 5.84. The molecule has 7 nitrogen and oxygen atoms in total. The summed E-state index contributed by atoms with van der Waals surface area (Å²) in [5, 5.41) is 6.81. The summed E-state index contributed by atoms with van der Waals surface area (Å²) >= 11 is 0. The molecule has 1 saturated heterocycles. The quantitative estimate of drug-likeness (QED) is 0.365. The molecule has 1 aliphatic carbocycles. The van der Waals surface area contributed by atoms with Crippen LogP contribution in [0, 0.1) is 5.92 Å². The first-order chi connectivity index (χ1) is 12.6. The van der Waals surface area contributed by atoms with Crippen LogP contribution in [0.5, 0.6) is 0 Å². The van der Waals surface area contributed by atoms with Crippen LogP contribution in [-0.2, 0) is 14.3 Å². The molecule has 2 aliphatic rings. The van der Waals surface area contributed by atoms with Crippen LogP contribution in [0.4, 0.5) is 0 Å². The molecule has 2 rings (SSSR count). The monoisotopic (exact) mass is 368 g/mol. The van der Waals surface area contributed by atoms with Crippen molar-refractivity contribution in [3.8, 4) is 0 Å². The summed E-state index contributed by atoms with van der Waals surface area (Å²) < 4.78 is 11.2. The predicted molar refractivity (Wildman–Crippen MR) is 103 cm³/mol. The summed E-state index contributed by atoms with van der Waals surface area (Å²) in [6.45, 7) is 4.29. The highest BCUT2D eigenvalue weighted by Gasteiger charge is 2.16. The molecule has 0 bridgehead atoms. The van der Waals surface area contributed by atoms with Gasteiger partial charge in [-0.25, -0.2) is 4.99 Å². The zero-order valence-corrected chi connectivity index (χ0v) is 16.5. The number of aliphatic imine (C=N–C) groups is 1. The van der Waals surface area contributed by atoms with Gasteiger partial charge in [0.05, 0.1) is 0 Å². The summed E-state index contributed by atoms with van der Waals surface area (Å²) in [7, 11) is 3.51. The zero-order chi connectivity index (χ0) is 18.6. The van der Waals surface area contributed by atoms with Crippen LogP contribution in [0.25, 0.3) is 0 Å². The molecule has 7 heteroatoms. The van der Waals surface area contributed by atoms with E-state index in [2.05, 4.69) is 15.6 Å². The van der Waals surface area contributed by atoms with E-state index in [4.69, 9.17) is 9.47 Å². The van der Waals surface area contributed by atoms with Gasteiger partial charge in [-0.15, -0.1) is 0 Å². The number of nitrogens with zero attached hydrogens (tertiary/aromatic N) is 2. The molecule has 0 atom stereocenters. The first-order valence-electron chi connectivity index (χ1n) is 10.1. The van der Waals surface area contributed by atoms with E-state index in [0.717, 1.165) is 58.2 Å². The first-order valence-corrected chi connectivity index (χ1v) is 10.1. The van der Waals surface area contributed by atoms with E-state index >= 15 is 0 Å². The highest BCUT2D eigenvalue weighted by Crippen LogP contribution is 2.17. The Labute approximate surface area is 157 Å². The SMILES string of the molecule is CN(C)C(=O)CN=C(NCCCOCC1CCOCC1)NC1CCCC1. The van der Waals surface area contributed by atoms with E-state index in [1.165, 1.54) is 25.7 Å². The lowest BCUT2D eigenvalue weighted by Gasteiger charge is -2.22. The van der Waals surface area contributed by atoms with Gasteiger partial charge in [-0.3, -0.25) is 4.79 Å².